The summed E-state index contributed by atoms with van der Waals surface area (Å²) < 4.78 is 0. The maximum atomic E-state index is 2.44. The summed E-state index contributed by atoms with van der Waals surface area (Å²) in [5, 5.41) is 0. The Balaban J connectivity index is 1.79. The molecule has 0 unspecified atom stereocenters. The van der Waals surface area contributed by atoms with Gasteiger partial charge in [-0.15, -0.1) is 0 Å². The van der Waals surface area contributed by atoms with Gasteiger partial charge >= 0.3 is 0 Å². The molecule has 1 heterocycles. The van der Waals surface area contributed by atoms with E-state index in [0.29, 0.717) is 0 Å². The van der Waals surface area contributed by atoms with E-state index in [2.05, 4.69) is 13.8 Å². The van der Waals surface area contributed by atoms with Crippen molar-refractivity contribution in [1.29, 1.82) is 0 Å². The quantitative estimate of drug-likeness (QED) is 0.603. The molecule has 2 N–H and O–H groups in total. The smallest absolute Gasteiger partial charge is 0.127 e. The van der Waals surface area contributed by atoms with Gasteiger partial charge in [0.2, 0.25) is 0 Å². The molecule has 1 saturated carbocycles. The third-order valence-electron chi connectivity index (χ3n) is 4.61. The minimum absolute atomic E-state index is 0.993. The van der Waals surface area contributed by atoms with Crippen LogP contribution < -0.4 is 9.80 Å². The van der Waals surface area contributed by atoms with E-state index in [-0.39, 0.29) is 0 Å². The zero-order valence-corrected chi connectivity index (χ0v) is 10.5. The lowest BCUT2D eigenvalue weighted by atomic mass is 9.86. The molecule has 1 saturated heterocycles. The summed E-state index contributed by atoms with van der Waals surface area (Å²) in [7, 11) is 0. The van der Waals surface area contributed by atoms with Gasteiger partial charge in [0.25, 0.3) is 0 Å². The predicted octanol–water partition coefficient (Wildman–Crippen LogP) is -0.632. The van der Waals surface area contributed by atoms with Crippen LogP contribution in [0.1, 0.15) is 39.5 Å². The van der Waals surface area contributed by atoms with Gasteiger partial charge in [-0.3, -0.25) is 0 Å². The van der Waals surface area contributed by atoms with Gasteiger partial charge in [-0.2, -0.15) is 0 Å². The van der Waals surface area contributed by atoms with Crippen molar-refractivity contribution in [1.82, 2.24) is 0 Å². The molecule has 1 aliphatic heterocycles. The fourth-order valence-electron chi connectivity index (χ4n) is 3.49. The fraction of sp³-hybridized carbons (Fsp3) is 1.00. The average molecular weight is 212 g/mol. The lowest BCUT2D eigenvalue weighted by molar-refractivity contribution is -1.02. The highest BCUT2D eigenvalue weighted by atomic mass is 15.3. The summed E-state index contributed by atoms with van der Waals surface area (Å²) >= 11 is 0. The Morgan fingerprint density at radius 2 is 1.80 bits per heavy atom. The zero-order valence-electron chi connectivity index (χ0n) is 10.5. The van der Waals surface area contributed by atoms with Crippen LogP contribution in [-0.2, 0) is 0 Å². The van der Waals surface area contributed by atoms with E-state index < -0.39 is 0 Å². The molecule has 0 radical (unpaired) electrons. The largest absolute Gasteiger partial charge is 0.326 e. The third kappa shape index (κ3) is 2.94. The SMILES string of the molecule is CC[NH+]1CC[NH+]([C@H]2CCC[C@@H](C)C2)CC1. The zero-order chi connectivity index (χ0) is 10.7. The summed E-state index contributed by atoms with van der Waals surface area (Å²) in [6, 6.07) is 1.01. The van der Waals surface area contributed by atoms with Crippen molar-refractivity contribution in [2.45, 2.75) is 45.6 Å². The Bertz CT molecular complexity index is 185. The summed E-state index contributed by atoms with van der Waals surface area (Å²) in [5.74, 6) is 0.993. The molecule has 15 heavy (non-hydrogen) atoms. The van der Waals surface area contributed by atoms with Crippen LogP contribution in [0.2, 0.25) is 0 Å². The van der Waals surface area contributed by atoms with Crippen molar-refractivity contribution in [3.63, 3.8) is 0 Å². The van der Waals surface area contributed by atoms with Crippen LogP contribution in [0, 0.1) is 5.92 Å². The molecule has 1 aliphatic carbocycles. The van der Waals surface area contributed by atoms with Gasteiger partial charge in [-0.05, 0) is 25.7 Å². The Morgan fingerprint density at radius 3 is 2.40 bits per heavy atom. The molecule has 2 heteroatoms. The molecule has 0 aromatic carbocycles. The van der Waals surface area contributed by atoms with Crippen LogP contribution >= 0.6 is 0 Å². The topological polar surface area (TPSA) is 8.88 Å². The lowest BCUT2D eigenvalue weighted by Gasteiger charge is -2.37. The molecule has 88 valence electrons. The summed E-state index contributed by atoms with van der Waals surface area (Å²) in [6.45, 7) is 11.8. The first-order chi connectivity index (χ1) is 7.29. The van der Waals surface area contributed by atoms with Crippen molar-refractivity contribution in [2.24, 2.45) is 5.92 Å². The van der Waals surface area contributed by atoms with Crippen molar-refractivity contribution in [3.8, 4) is 0 Å². The number of likely N-dealkylation sites (N-methyl/N-ethyl adjacent to an activating group) is 1. The van der Waals surface area contributed by atoms with Crippen molar-refractivity contribution < 1.29 is 9.80 Å². The Hall–Kier alpha value is -0.0800. The molecule has 2 fully saturated rings. The molecular weight excluding hydrogens is 184 g/mol. The highest BCUT2D eigenvalue weighted by molar-refractivity contribution is 4.69. The number of piperazine rings is 1. The normalized spacial score (nSPS) is 42.8. The number of hydrogen-bond donors (Lipinski definition) is 2. The minimum atomic E-state index is 0.993. The highest BCUT2D eigenvalue weighted by Gasteiger charge is 2.31. The van der Waals surface area contributed by atoms with Gasteiger partial charge in [-0.1, -0.05) is 13.3 Å². The van der Waals surface area contributed by atoms with E-state index in [1.165, 1.54) is 58.4 Å². The van der Waals surface area contributed by atoms with Crippen molar-refractivity contribution in [2.75, 3.05) is 32.7 Å². The standard InChI is InChI=1S/C13H26N2/c1-3-14-7-9-15(10-8-14)13-6-4-5-12(2)11-13/h12-13H,3-11H2,1-2H3/p+2/t12-,13+/m1/s1. The van der Waals surface area contributed by atoms with Gasteiger partial charge in [0, 0.05) is 6.42 Å². The second-order valence-electron chi connectivity index (χ2n) is 5.73. The van der Waals surface area contributed by atoms with E-state index in [4.69, 9.17) is 0 Å². The minimum Gasteiger partial charge on any atom is -0.326 e. The second-order valence-corrected chi connectivity index (χ2v) is 5.73. The monoisotopic (exact) mass is 212 g/mol. The maximum Gasteiger partial charge on any atom is 0.127 e. The first-order valence-electron chi connectivity index (χ1n) is 6.97. The van der Waals surface area contributed by atoms with E-state index in [1.54, 1.807) is 0 Å². The van der Waals surface area contributed by atoms with E-state index in [9.17, 15) is 0 Å². The molecule has 2 rings (SSSR count). The molecule has 2 atom stereocenters. The molecule has 0 aromatic rings. The summed E-state index contributed by atoms with van der Waals surface area (Å²) in [6.07, 6.45) is 5.97. The Morgan fingerprint density at radius 1 is 1.07 bits per heavy atom. The molecule has 0 bridgehead atoms. The van der Waals surface area contributed by atoms with Crippen molar-refractivity contribution >= 4 is 0 Å². The van der Waals surface area contributed by atoms with Gasteiger partial charge in [0.15, 0.2) is 0 Å². The summed E-state index contributed by atoms with van der Waals surface area (Å²) in [5.41, 5.74) is 0. The van der Waals surface area contributed by atoms with Crippen LogP contribution in [0.15, 0.2) is 0 Å². The number of rotatable bonds is 2. The molecular formula is C13H28N2+2. The number of nitrogens with one attached hydrogen (secondary N) is 2. The second kappa shape index (κ2) is 5.31. The van der Waals surface area contributed by atoms with Crippen LogP contribution in [0.4, 0.5) is 0 Å². The summed E-state index contributed by atoms with van der Waals surface area (Å²) in [4.78, 5) is 3.75. The molecule has 0 spiro atoms. The first-order valence-corrected chi connectivity index (χ1v) is 6.97. The third-order valence-corrected chi connectivity index (χ3v) is 4.61. The van der Waals surface area contributed by atoms with Crippen LogP contribution in [-0.4, -0.2) is 38.8 Å². The molecule has 0 aromatic heterocycles. The average Bonchev–Trinajstić information content (AvgIpc) is 2.29. The predicted molar refractivity (Wildman–Crippen MR) is 63.4 cm³/mol. The molecule has 0 amide bonds. The maximum absolute atomic E-state index is 2.44. The number of hydrogen-bond acceptors (Lipinski definition) is 0. The van der Waals surface area contributed by atoms with Gasteiger partial charge < -0.3 is 9.80 Å². The van der Waals surface area contributed by atoms with E-state index in [0.717, 1.165) is 12.0 Å². The lowest BCUT2D eigenvalue weighted by Crippen LogP contribution is -3.29. The van der Waals surface area contributed by atoms with Gasteiger partial charge in [-0.25, -0.2) is 0 Å². The Labute approximate surface area is 94.6 Å². The highest BCUT2D eigenvalue weighted by Crippen LogP contribution is 2.21. The Kier molecular flexibility index (Phi) is 4.04. The molecule has 2 aliphatic rings. The molecule has 2 nitrogen and oxygen atoms in total. The number of quaternary nitrogens is 2. The van der Waals surface area contributed by atoms with E-state index >= 15 is 0 Å². The fourth-order valence-corrected chi connectivity index (χ4v) is 3.49. The van der Waals surface area contributed by atoms with Crippen LogP contribution in [0.3, 0.4) is 0 Å². The van der Waals surface area contributed by atoms with E-state index in [1.807, 2.05) is 9.80 Å². The van der Waals surface area contributed by atoms with Gasteiger partial charge in [0.1, 0.15) is 26.2 Å². The van der Waals surface area contributed by atoms with Crippen LogP contribution in [0.5, 0.6) is 0 Å². The first kappa shape index (κ1) is 11.4. The van der Waals surface area contributed by atoms with Crippen LogP contribution in [0.25, 0.3) is 0 Å². The van der Waals surface area contributed by atoms with Crippen molar-refractivity contribution in [3.05, 3.63) is 0 Å². The van der Waals surface area contributed by atoms with Gasteiger partial charge in [0.05, 0.1) is 12.6 Å².